The lowest BCUT2D eigenvalue weighted by atomic mass is 10.2. The van der Waals surface area contributed by atoms with E-state index in [2.05, 4.69) is 10.3 Å². The first kappa shape index (κ1) is 32.1. The maximum atomic E-state index is 15.3. The summed E-state index contributed by atoms with van der Waals surface area (Å²) in [6, 6.07) is 9.45. The smallest absolute Gasteiger partial charge is 0.335 e. The van der Waals surface area contributed by atoms with Gasteiger partial charge in [0.1, 0.15) is 17.1 Å². The third-order valence-corrected chi connectivity index (χ3v) is 8.85. The standard InChI is InChI=1S/C31H30F2N6O6S/c1-19(2)38-18-24(30(41)39(31(38)42)22-6-3-20(32)4-7-22)29(40)36-21-5-8-27(25(33)15-21)45-28-16-23(17-35-26(28)9-10-34)37-11-13-46(43,44)14-12-37/h3-10,15-19H,11-14,34H2,1-2H3,(H,36,40). The molecule has 3 N–H and O–H groups in total. The largest absolute Gasteiger partial charge is 0.452 e. The van der Waals surface area contributed by atoms with Crippen molar-refractivity contribution >= 4 is 33.2 Å². The molecule has 240 valence electrons. The molecule has 0 aliphatic carbocycles. The van der Waals surface area contributed by atoms with E-state index in [0.717, 1.165) is 29.0 Å². The average Bonchev–Trinajstić information content (AvgIpc) is 3.00. The number of carbonyl (C=O) groups excluding carboxylic acids is 1. The van der Waals surface area contributed by atoms with Crippen LogP contribution in [0.2, 0.25) is 0 Å². The molecule has 1 saturated heterocycles. The number of sulfone groups is 1. The normalized spacial score (nSPS) is 14.5. The van der Waals surface area contributed by atoms with Gasteiger partial charge >= 0.3 is 5.69 Å². The van der Waals surface area contributed by atoms with Crippen molar-refractivity contribution in [3.8, 4) is 17.2 Å². The number of nitrogens with one attached hydrogen (secondary N) is 1. The van der Waals surface area contributed by atoms with E-state index in [9.17, 15) is 27.2 Å². The van der Waals surface area contributed by atoms with Gasteiger partial charge in [-0.2, -0.15) is 0 Å². The minimum absolute atomic E-state index is 0.00592. The molecule has 46 heavy (non-hydrogen) atoms. The second kappa shape index (κ2) is 13.0. The number of rotatable bonds is 8. The first-order chi connectivity index (χ1) is 21.9. The number of anilines is 2. The molecule has 1 aliphatic heterocycles. The number of halogens is 2. The minimum Gasteiger partial charge on any atom is -0.452 e. The maximum absolute atomic E-state index is 15.3. The zero-order valence-electron chi connectivity index (χ0n) is 24.8. The van der Waals surface area contributed by atoms with Crippen LogP contribution < -0.4 is 31.9 Å². The van der Waals surface area contributed by atoms with Gasteiger partial charge in [-0.3, -0.25) is 19.1 Å². The van der Waals surface area contributed by atoms with Crippen LogP contribution in [0.15, 0.2) is 76.7 Å². The van der Waals surface area contributed by atoms with Crippen LogP contribution >= 0.6 is 0 Å². The minimum atomic E-state index is -3.11. The fourth-order valence-corrected chi connectivity index (χ4v) is 5.98. The van der Waals surface area contributed by atoms with Crippen LogP contribution in [0, 0.1) is 11.6 Å². The van der Waals surface area contributed by atoms with Crippen LogP contribution in [0.4, 0.5) is 20.2 Å². The number of ether oxygens (including phenoxy) is 1. The van der Waals surface area contributed by atoms with Crippen molar-refractivity contribution in [1.29, 1.82) is 0 Å². The lowest BCUT2D eigenvalue weighted by Gasteiger charge is -2.28. The highest BCUT2D eigenvalue weighted by Gasteiger charge is 2.24. The molecule has 0 unspecified atom stereocenters. The number of hydrogen-bond acceptors (Lipinski definition) is 9. The van der Waals surface area contributed by atoms with E-state index in [0.29, 0.717) is 11.4 Å². The van der Waals surface area contributed by atoms with Gasteiger partial charge in [-0.25, -0.2) is 26.6 Å². The zero-order valence-corrected chi connectivity index (χ0v) is 25.6. The summed E-state index contributed by atoms with van der Waals surface area (Å²) in [5.74, 6) is -2.40. The van der Waals surface area contributed by atoms with Gasteiger partial charge in [-0.1, -0.05) is 0 Å². The Balaban J connectivity index is 1.41. The summed E-state index contributed by atoms with van der Waals surface area (Å²) in [5.41, 5.74) is 4.43. The first-order valence-corrected chi connectivity index (χ1v) is 16.0. The van der Waals surface area contributed by atoms with E-state index in [1.165, 1.54) is 41.1 Å². The predicted octanol–water partition coefficient (Wildman–Crippen LogP) is 3.46. The number of amides is 1. The van der Waals surface area contributed by atoms with Crippen molar-refractivity contribution < 1.29 is 26.7 Å². The molecule has 0 saturated carbocycles. The Morgan fingerprint density at radius 2 is 1.72 bits per heavy atom. The molecule has 0 bridgehead atoms. The summed E-state index contributed by atoms with van der Waals surface area (Å²) >= 11 is 0. The van der Waals surface area contributed by atoms with Crippen molar-refractivity contribution in [1.82, 2.24) is 14.1 Å². The van der Waals surface area contributed by atoms with Crippen LogP contribution in [0.3, 0.4) is 0 Å². The zero-order chi connectivity index (χ0) is 33.2. The highest BCUT2D eigenvalue weighted by atomic mass is 32.2. The third-order valence-electron chi connectivity index (χ3n) is 7.24. The molecule has 0 spiro atoms. The number of nitrogens with zero attached hydrogens (tertiary/aromatic N) is 4. The summed E-state index contributed by atoms with van der Waals surface area (Å²) < 4.78 is 60.3. The highest BCUT2D eigenvalue weighted by molar-refractivity contribution is 7.91. The molecule has 4 aromatic rings. The first-order valence-electron chi connectivity index (χ1n) is 14.1. The molecule has 1 amide bonds. The second-order valence-corrected chi connectivity index (χ2v) is 13.0. The Morgan fingerprint density at radius 3 is 2.35 bits per heavy atom. The topological polar surface area (TPSA) is 159 Å². The Bertz CT molecular complexity index is 2050. The number of nitrogens with two attached hydrogens (primary N) is 1. The van der Waals surface area contributed by atoms with Crippen molar-refractivity contribution in [3.63, 3.8) is 0 Å². The predicted molar refractivity (Wildman–Crippen MR) is 169 cm³/mol. The van der Waals surface area contributed by atoms with Gasteiger partial charge in [0.25, 0.3) is 11.5 Å². The fraction of sp³-hybridized carbons (Fsp3) is 0.226. The van der Waals surface area contributed by atoms with E-state index in [1.807, 2.05) is 4.90 Å². The van der Waals surface area contributed by atoms with E-state index in [4.69, 9.17) is 10.5 Å². The van der Waals surface area contributed by atoms with E-state index in [-0.39, 0.29) is 47.5 Å². The van der Waals surface area contributed by atoms with Crippen LogP contribution in [-0.2, 0) is 9.84 Å². The fourth-order valence-electron chi connectivity index (χ4n) is 4.78. The molecule has 5 rings (SSSR count). The van der Waals surface area contributed by atoms with Gasteiger partial charge in [0.2, 0.25) is 0 Å². The van der Waals surface area contributed by atoms with Crippen LogP contribution in [0.1, 0.15) is 35.9 Å². The number of aromatic nitrogens is 3. The Hall–Kier alpha value is -5.31. The number of benzene rings is 2. The molecular weight excluding hydrogens is 622 g/mol. The van der Waals surface area contributed by atoms with Crippen LogP contribution in [0.5, 0.6) is 11.5 Å². The van der Waals surface area contributed by atoms with Crippen molar-refractivity contribution in [2.75, 3.05) is 34.8 Å². The molecule has 15 heteroatoms. The van der Waals surface area contributed by atoms with Crippen molar-refractivity contribution in [2.45, 2.75) is 19.9 Å². The summed E-state index contributed by atoms with van der Waals surface area (Å²) in [6.45, 7) is 3.91. The molecule has 12 nitrogen and oxygen atoms in total. The Kier molecular flexibility index (Phi) is 9.05. The summed E-state index contributed by atoms with van der Waals surface area (Å²) in [6.07, 6.45) is 5.37. The van der Waals surface area contributed by atoms with E-state index >= 15 is 4.39 Å². The average molecular weight is 653 g/mol. The van der Waals surface area contributed by atoms with Gasteiger partial charge in [-0.05, 0) is 62.5 Å². The third kappa shape index (κ3) is 6.83. The lowest BCUT2D eigenvalue weighted by Crippen LogP contribution is -2.42. The molecule has 3 heterocycles. The van der Waals surface area contributed by atoms with Crippen molar-refractivity contribution in [3.05, 3.63) is 111 Å². The number of hydrogen-bond donors (Lipinski definition) is 2. The summed E-state index contributed by atoms with van der Waals surface area (Å²) in [7, 11) is -3.11. The molecule has 0 atom stereocenters. The second-order valence-electron chi connectivity index (χ2n) is 10.7. The molecular formula is C31H30F2N6O6S. The van der Waals surface area contributed by atoms with E-state index < -0.39 is 50.2 Å². The van der Waals surface area contributed by atoms with Gasteiger partial charge in [0, 0.05) is 43.1 Å². The molecule has 1 aliphatic rings. The van der Waals surface area contributed by atoms with Crippen molar-refractivity contribution in [2.24, 2.45) is 5.73 Å². The Labute approximate surface area is 262 Å². The monoisotopic (exact) mass is 652 g/mol. The van der Waals surface area contributed by atoms with Gasteiger partial charge < -0.3 is 20.7 Å². The maximum Gasteiger partial charge on any atom is 0.335 e. The van der Waals surface area contributed by atoms with Gasteiger partial charge in [0.15, 0.2) is 27.2 Å². The molecule has 2 aromatic carbocycles. The SMILES string of the molecule is CC(C)n1cc(C(=O)Nc2ccc(Oc3cc(N4CCS(=O)(=O)CC4)cnc3C=CN)c(F)c2)c(=O)n(-c2ccc(F)cc2)c1=O. The number of carbonyl (C=O) groups is 1. The Morgan fingerprint density at radius 1 is 1.02 bits per heavy atom. The quantitative estimate of drug-likeness (QED) is 0.291. The summed E-state index contributed by atoms with van der Waals surface area (Å²) in [4.78, 5) is 45.8. The lowest BCUT2D eigenvalue weighted by molar-refractivity contribution is 0.102. The molecule has 1 fully saturated rings. The number of pyridine rings is 1. The van der Waals surface area contributed by atoms with Gasteiger partial charge in [-0.15, -0.1) is 0 Å². The van der Waals surface area contributed by atoms with E-state index in [1.54, 1.807) is 26.1 Å². The highest BCUT2D eigenvalue weighted by Crippen LogP contribution is 2.32. The van der Waals surface area contributed by atoms with Crippen LogP contribution in [0.25, 0.3) is 11.8 Å². The summed E-state index contributed by atoms with van der Waals surface area (Å²) in [5, 5.41) is 2.48. The van der Waals surface area contributed by atoms with Gasteiger partial charge in [0.05, 0.1) is 29.1 Å². The molecule has 0 radical (unpaired) electrons. The molecule has 2 aromatic heterocycles. The van der Waals surface area contributed by atoms with Crippen LogP contribution in [-0.4, -0.2) is 53.0 Å².